The fraction of sp³-hybridized carbons (Fsp3) is 1.00. The highest BCUT2D eigenvalue weighted by molar-refractivity contribution is 7.89. The molecule has 1 saturated heterocycles. The van der Waals surface area contributed by atoms with Crippen LogP contribution in [0.25, 0.3) is 0 Å². The molecule has 1 fully saturated rings. The van der Waals surface area contributed by atoms with Crippen LogP contribution in [0.3, 0.4) is 0 Å². The molecule has 1 aliphatic rings. The van der Waals surface area contributed by atoms with Crippen LogP contribution in [0, 0.1) is 0 Å². The van der Waals surface area contributed by atoms with Gasteiger partial charge in [-0.3, -0.25) is 0 Å². The number of nitrogens with zero attached hydrogens (tertiary/aromatic N) is 2. The third-order valence-electron chi connectivity index (χ3n) is 2.55. The zero-order chi connectivity index (χ0) is 10.6. The highest BCUT2D eigenvalue weighted by Gasteiger charge is 2.25. The molecule has 0 aromatic rings. The van der Waals surface area contributed by atoms with Gasteiger partial charge in [-0.2, -0.15) is 4.31 Å². The van der Waals surface area contributed by atoms with E-state index in [1.54, 1.807) is 4.31 Å². The molecule has 5 nitrogen and oxygen atoms in total. The minimum absolute atomic E-state index is 0.0686. The fourth-order valence-corrected chi connectivity index (χ4v) is 2.88. The lowest BCUT2D eigenvalue weighted by Crippen LogP contribution is -2.49. The first-order valence-electron chi connectivity index (χ1n) is 5.00. The van der Waals surface area contributed by atoms with Gasteiger partial charge >= 0.3 is 0 Å². The molecule has 0 spiro atoms. The summed E-state index contributed by atoms with van der Waals surface area (Å²) in [5, 5.41) is 0. The van der Waals surface area contributed by atoms with Crippen molar-refractivity contribution in [2.24, 2.45) is 5.73 Å². The van der Waals surface area contributed by atoms with Crippen LogP contribution in [0.2, 0.25) is 0 Å². The molecule has 0 amide bonds. The summed E-state index contributed by atoms with van der Waals surface area (Å²) < 4.78 is 24.8. The van der Waals surface area contributed by atoms with Gasteiger partial charge in [0.25, 0.3) is 0 Å². The van der Waals surface area contributed by atoms with Crippen molar-refractivity contribution in [1.82, 2.24) is 9.21 Å². The first-order valence-corrected chi connectivity index (χ1v) is 6.61. The topological polar surface area (TPSA) is 66.6 Å². The predicted molar refractivity (Wildman–Crippen MR) is 56.5 cm³/mol. The molecule has 14 heavy (non-hydrogen) atoms. The lowest BCUT2D eigenvalue weighted by Gasteiger charge is -2.33. The number of sulfonamides is 1. The van der Waals surface area contributed by atoms with Gasteiger partial charge in [0, 0.05) is 32.7 Å². The summed E-state index contributed by atoms with van der Waals surface area (Å²) in [6.45, 7) is 6.16. The van der Waals surface area contributed by atoms with Crippen LogP contribution < -0.4 is 5.73 Å². The third kappa shape index (κ3) is 2.91. The minimum atomic E-state index is -3.08. The molecule has 1 rings (SSSR count). The van der Waals surface area contributed by atoms with E-state index < -0.39 is 10.0 Å². The summed E-state index contributed by atoms with van der Waals surface area (Å²) in [7, 11) is -3.08. The van der Waals surface area contributed by atoms with Gasteiger partial charge in [-0.15, -0.1) is 0 Å². The van der Waals surface area contributed by atoms with Gasteiger partial charge in [0.1, 0.15) is 0 Å². The van der Waals surface area contributed by atoms with Crippen LogP contribution in [0.15, 0.2) is 0 Å². The summed E-state index contributed by atoms with van der Waals surface area (Å²) in [4.78, 5) is 2.24. The molecular formula is C8H19N3O2S. The molecule has 1 aliphatic heterocycles. The quantitative estimate of drug-likeness (QED) is 0.655. The molecule has 0 atom stereocenters. The second-order valence-electron chi connectivity index (χ2n) is 3.44. The van der Waals surface area contributed by atoms with E-state index in [1.165, 1.54) is 0 Å². The molecule has 0 aliphatic carbocycles. The second-order valence-corrected chi connectivity index (χ2v) is 5.53. The van der Waals surface area contributed by atoms with Crippen molar-refractivity contribution in [3.8, 4) is 0 Å². The largest absolute Gasteiger partial charge is 0.329 e. The molecule has 0 unspecified atom stereocenters. The highest BCUT2D eigenvalue weighted by Crippen LogP contribution is 2.06. The lowest BCUT2D eigenvalue weighted by molar-refractivity contribution is 0.196. The molecule has 6 heteroatoms. The van der Waals surface area contributed by atoms with Crippen molar-refractivity contribution in [2.75, 3.05) is 45.0 Å². The van der Waals surface area contributed by atoms with E-state index in [9.17, 15) is 8.42 Å². The Morgan fingerprint density at radius 3 is 2.21 bits per heavy atom. The summed E-state index contributed by atoms with van der Waals surface area (Å²) >= 11 is 0. The van der Waals surface area contributed by atoms with E-state index >= 15 is 0 Å². The Hall–Kier alpha value is -0.170. The van der Waals surface area contributed by atoms with Crippen molar-refractivity contribution in [3.63, 3.8) is 0 Å². The van der Waals surface area contributed by atoms with Gasteiger partial charge < -0.3 is 10.6 Å². The van der Waals surface area contributed by atoms with Crippen molar-refractivity contribution in [2.45, 2.75) is 6.92 Å². The zero-order valence-corrected chi connectivity index (χ0v) is 9.46. The van der Waals surface area contributed by atoms with Crippen molar-refractivity contribution >= 4 is 10.0 Å². The van der Waals surface area contributed by atoms with Gasteiger partial charge in [-0.25, -0.2) is 8.42 Å². The maximum absolute atomic E-state index is 11.6. The molecule has 2 N–H and O–H groups in total. The fourth-order valence-electron chi connectivity index (χ4n) is 1.60. The molecule has 0 saturated carbocycles. The minimum Gasteiger partial charge on any atom is -0.329 e. The molecule has 0 aromatic carbocycles. The molecule has 0 aromatic heterocycles. The van der Waals surface area contributed by atoms with Gasteiger partial charge in [-0.1, -0.05) is 6.92 Å². The van der Waals surface area contributed by atoms with Crippen molar-refractivity contribution in [1.29, 1.82) is 0 Å². The van der Waals surface area contributed by atoms with Crippen LogP contribution in [0.1, 0.15) is 6.92 Å². The summed E-state index contributed by atoms with van der Waals surface area (Å²) in [5.41, 5.74) is 5.26. The number of hydrogen-bond donors (Lipinski definition) is 1. The van der Waals surface area contributed by atoms with Crippen LogP contribution in [-0.2, 0) is 10.0 Å². The van der Waals surface area contributed by atoms with Gasteiger partial charge in [0.2, 0.25) is 10.0 Å². The van der Waals surface area contributed by atoms with E-state index in [-0.39, 0.29) is 12.3 Å². The molecule has 84 valence electrons. The standard InChI is InChI=1S/C8H19N3O2S/c1-2-10-4-6-11(7-5-10)14(12,13)8-3-9/h2-9H2,1H3. The Labute approximate surface area is 85.9 Å². The SMILES string of the molecule is CCN1CCN(S(=O)(=O)CCN)CC1. The van der Waals surface area contributed by atoms with E-state index in [1.807, 2.05) is 0 Å². The number of hydrogen-bond acceptors (Lipinski definition) is 4. The van der Waals surface area contributed by atoms with Crippen molar-refractivity contribution < 1.29 is 8.42 Å². The Bertz CT molecular complexity index is 258. The van der Waals surface area contributed by atoms with E-state index in [0.29, 0.717) is 13.1 Å². The smallest absolute Gasteiger partial charge is 0.215 e. The predicted octanol–water partition coefficient (Wildman–Crippen LogP) is -1.09. The van der Waals surface area contributed by atoms with Gasteiger partial charge in [-0.05, 0) is 6.54 Å². The Morgan fingerprint density at radius 1 is 1.21 bits per heavy atom. The molecular weight excluding hydrogens is 202 g/mol. The van der Waals surface area contributed by atoms with Crippen LogP contribution in [0.5, 0.6) is 0 Å². The van der Waals surface area contributed by atoms with Gasteiger partial charge in [0.15, 0.2) is 0 Å². The van der Waals surface area contributed by atoms with E-state index in [0.717, 1.165) is 19.6 Å². The molecule has 1 heterocycles. The summed E-state index contributed by atoms with van der Waals surface area (Å²) in [6.07, 6.45) is 0. The maximum Gasteiger partial charge on any atom is 0.215 e. The summed E-state index contributed by atoms with van der Waals surface area (Å²) in [6, 6.07) is 0. The Morgan fingerprint density at radius 2 is 1.79 bits per heavy atom. The zero-order valence-electron chi connectivity index (χ0n) is 8.65. The van der Waals surface area contributed by atoms with E-state index in [4.69, 9.17) is 5.73 Å². The average Bonchev–Trinajstić information content (AvgIpc) is 2.18. The normalized spacial score (nSPS) is 21.3. The van der Waals surface area contributed by atoms with Crippen LogP contribution in [-0.4, -0.2) is 62.6 Å². The number of piperazine rings is 1. The monoisotopic (exact) mass is 221 g/mol. The number of nitrogens with two attached hydrogens (primary N) is 1. The number of likely N-dealkylation sites (N-methyl/N-ethyl adjacent to an activating group) is 1. The third-order valence-corrected chi connectivity index (χ3v) is 4.45. The van der Waals surface area contributed by atoms with E-state index in [2.05, 4.69) is 11.8 Å². The molecule has 0 bridgehead atoms. The summed E-state index contributed by atoms with van der Waals surface area (Å²) in [5.74, 6) is 0.0686. The maximum atomic E-state index is 11.6. The molecule has 0 radical (unpaired) electrons. The average molecular weight is 221 g/mol. The van der Waals surface area contributed by atoms with Crippen molar-refractivity contribution in [3.05, 3.63) is 0 Å². The van der Waals surface area contributed by atoms with Gasteiger partial charge in [0.05, 0.1) is 5.75 Å². The van der Waals surface area contributed by atoms with Crippen LogP contribution in [0.4, 0.5) is 0 Å². The number of rotatable bonds is 4. The van der Waals surface area contributed by atoms with Crippen LogP contribution >= 0.6 is 0 Å². The first kappa shape index (κ1) is 11.9. The lowest BCUT2D eigenvalue weighted by atomic mass is 10.4. The Balaban J connectivity index is 2.49. The first-order chi connectivity index (χ1) is 6.60. The second kappa shape index (κ2) is 5.06. The highest BCUT2D eigenvalue weighted by atomic mass is 32.2. The Kier molecular flexibility index (Phi) is 4.31.